The van der Waals surface area contributed by atoms with Crippen molar-refractivity contribution in [2.24, 2.45) is 28.1 Å². The van der Waals surface area contributed by atoms with Crippen LogP contribution in [0, 0.1) is 5.92 Å². The van der Waals surface area contributed by atoms with Crippen LogP contribution in [0.4, 0.5) is 0 Å². The van der Waals surface area contributed by atoms with Gasteiger partial charge < -0.3 is 46.8 Å². The molecule has 2 amide bonds. The Balaban J connectivity index is 0.00000408. The van der Waals surface area contributed by atoms with Crippen molar-refractivity contribution < 1.29 is 28.5 Å². The predicted octanol–water partition coefficient (Wildman–Crippen LogP) is 7.22. The zero-order valence-electron chi connectivity index (χ0n) is 37.4. The highest BCUT2D eigenvalue weighted by Gasteiger charge is 2.25. The molecule has 1 aliphatic heterocycles. The number of nitrogens with one attached hydrogen (secondary N) is 2. The lowest BCUT2D eigenvalue weighted by atomic mass is 9.92. The zero-order chi connectivity index (χ0) is 44.8. The van der Waals surface area contributed by atoms with E-state index in [9.17, 15) is 9.59 Å². The third-order valence-electron chi connectivity index (χ3n) is 11.1. The lowest BCUT2D eigenvalue weighted by Crippen LogP contribution is -2.51. The number of benzene rings is 5. The molecule has 0 bridgehead atoms. The molecule has 0 fully saturated rings. The van der Waals surface area contributed by atoms with Crippen LogP contribution in [-0.4, -0.2) is 71.3 Å². The molecular formula is C49H61Cl2N9O6. The largest absolute Gasteiger partial charge is 0.493 e. The third-order valence-corrected chi connectivity index (χ3v) is 11.1. The van der Waals surface area contributed by atoms with E-state index in [4.69, 9.17) is 36.1 Å². The molecule has 66 heavy (non-hydrogen) atoms. The van der Waals surface area contributed by atoms with Gasteiger partial charge in [-0.3, -0.25) is 19.3 Å². The van der Waals surface area contributed by atoms with Crippen molar-refractivity contribution in [1.29, 1.82) is 0 Å². The Hall–Kier alpha value is -6.29. The molecule has 0 saturated heterocycles. The molecular weight excluding hydrogens is 882 g/mol. The minimum Gasteiger partial charge on any atom is -0.493 e. The molecule has 17 heteroatoms. The van der Waals surface area contributed by atoms with Gasteiger partial charge in [0.2, 0.25) is 18.6 Å². The van der Waals surface area contributed by atoms with Crippen LogP contribution in [0.5, 0.6) is 23.0 Å². The Kier molecular flexibility index (Phi) is 19.1. The average Bonchev–Trinajstić information content (AvgIpc) is 3.95. The second-order valence-corrected chi connectivity index (χ2v) is 16.5. The van der Waals surface area contributed by atoms with E-state index in [-0.39, 0.29) is 68.5 Å². The number of aliphatic imine (C=N–C) groups is 1. The summed E-state index contributed by atoms with van der Waals surface area (Å²) < 4.78 is 25.8. The molecule has 1 aromatic heterocycles. The summed E-state index contributed by atoms with van der Waals surface area (Å²) in [6.45, 7) is 6.43. The number of nitrogens with zero attached hydrogens (tertiary/aromatic N) is 4. The fraction of sp³-hybridized carbons (Fsp3) is 0.367. The Bertz CT molecular complexity index is 2570. The highest BCUT2D eigenvalue weighted by Crippen LogP contribution is 2.46. The number of hydrogen-bond donors (Lipinski definition) is 5. The van der Waals surface area contributed by atoms with Gasteiger partial charge in [0, 0.05) is 23.7 Å². The summed E-state index contributed by atoms with van der Waals surface area (Å²) >= 11 is 0. The van der Waals surface area contributed by atoms with Gasteiger partial charge in [0.1, 0.15) is 29.8 Å². The van der Waals surface area contributed by atoms with Crippen molar-refractivity contribution in [1.82, 2.24) is 25.6 Å². The molecule has 0 spiro atoms. The maximum atomic E-state index is 14.0. The summed E-state index contributed by atoms with van der Waals surface area (Å²) in [6.07, 6.45) is 5.79. The summed E-state index contributed by atoms with van der Waals surface area (Å²) in [7, 11) is 0. The lowest BCUT2D eigenvalue weighted by molar-refractivity contribution is -0.129. The number of halogens is 2. The van der Waals surface area contributed by atoms with E-state index in [1.807, 2.05) is 36.5 Å². The minimum atomic E-state index is -0.841. The molecule has 8 N–H and O–H groups in total. The topological polar surface area (TPSA) is 216 Å². The lowest BCUT2D eigenvalue weighted by Gasteiger charge is -2.23. The van der Waals surface area contributed by atoms with Crippen molar-refractivity contribution in [3.63, 3.8) is 0 Å². The number of hydrogen-bond acceptors (Lipinski definition) is 10. The van der Waals surface area contributed by atoms with Gasteiger partial charge in [-0.25, -0.2) is 0 Å². The van der Waals surface area contributed by atoms with Crippen LogP contribution in [0.3, 0.4) is 0 Å². The van der Waals surface area contributed by atoms with Crippen molar-refractivity contribution >= 4 is 64.1 Å². The van der Waals surface area contributed by atoms with E-state index in [1.54, 1.807) is 22.9 Å². The van der Waals surface area contributed by atoms with Crippen molar-refractivity contribution in [3.8, 4) is 34.1 Å². The summed E-state index contributed by atoms with van der Waals surface area (Å²) in [6, 6.07) is 29.0. The van der Waals surface area contributed by atoms with Crippen molar-refractivity contribution in [3.05, 3.63) is 108 Å². The zero-order valence-corrected chi connectivity index (χ0v) is 39.1. The van der Waals surface area contributed by atoms with E-state index in [0.717, 1.165) is 63.2 Å². The first kappa shape index (κ1) is 50.7. The molecule has 0 aliphatic carbocycles. The van der Waals surface area contributed by atoms with Gasteiger partial charge in [0.25, 0.3) is 0 Å². The van der Waals surface area contributed by atoms with Crippen LogP contribution in [0.25, 0.3) is 32.7 Å². The van der Waals surface area contributed by atoms with Crippen molar-refractivity contribution in [2.75, 3.05) is 26.5 Å². The summed E-state index contributed by atoms with van der Waals surface area (Å²) in [5.74, 6) is 2.52. The number of amides is 2. The maximum absolute atomic E-state index is 14.0. The molecule has 6 aromatic rings. The fourth-order valence-corrected chi connectivity index (χ4v) is 7.84. The van der Waals surface area contributed by atoms with E-state index in [1.165, 1.54) is 0 Å². The smallest absolute Gasteiger partial charge is 0.242 e. The quantitative estimate of drug-likeness (QED) is 0.0246. The van der Waals surface area contributed by atoms with Crippen LogP contribution < -0.4 is 46.8 Å². The highest BCUT2D eigenvalue weighted by atomic mass is 35.5. The molecule has 0 saturated carbocycles. The number of fused-ring (bicyclic) bond motifs is 3. The van der Waals surface area contributed by atoms with Gasteiger partial charge in [-0.1, -0.05) is 92.2 Å². The van der Waals surface area contributed by atoms with E-state index < -0.39 is 6.04 Å². The Labute approximate surface area is 398 Å². The summed E-state index contributed by atoms with van der Waals surface area (Å²) in [5.41, 5.74) is 20.2. The molecule has 352 valence electrons. The molecule has 0 unspecified atom stereocenters. The standard InChI is InChI=1S/C49H59N9O6.2ClH/c1-32(2)22-25-61-42-20-17-34-10-3-5-13-38(34)46(42)47-39-14-6-4-11-35(39)18-21-43(47)62-30-37-29-58(57-56-37)28-36(12-7-8-23-50)54-48(60)40(15-9-24-53-49(51)52)55-45(59)27-33-16-19-41-44(26-33)64-31-63-41;;/h3-6,10-11,13-14,16-21,26,29,32,36,40H,7-9,12,15,22-25,27-28,30-31,50H2,1-2H3,(H,54,60)(H,55,59)(H4,51,52,53);2*1H/t36-,40-;;/m1../s1. The van der Waals surface area contributed by atoms with E-state index >= 15 is 0 Å². The van der Waals surface area contributed by atoms with Gasteiger partial charge in [-0.05, 0) is 95.9 Å². The van der Waals surface area contributed by atoms with Gasteiger partial charge in [-0.2, -0.15) is 0 Å². The van der Waals surface area contributed by atoms with Crippen LogP contribution in [0.15, 0.2) is 102 Å². The minimum absolute atomic E-state index is 0. The molecule has 2 heterocycles. The molecule has 2 atom stereocenters. The van der Waals surface area contributed by atoms with E-state index in [0.29, 0.717) is 74.4 Å². The number of ether oxygens (including phenoxy) is 4. The maximum Gasteiger partial charge on any atom is 0.242 e. The molecule has 7 rings (SSSR count). The van der Waals surface area contributed by atoms with Gasteiger partial charge in [0.15, 0.2) is 17.5 Å². The Morgan fingerprint density at radius 1 is 0.803 bits per heavy atom. The van der Waals surface area contributed by atoms with Crippen LogP contribution >= 0.6 is 24.8 Å². The monoisotopic (exact) mass is 941 g/mol. The Morgan fingerprint density at radius 2 is 1.48 bits per heavy atom. The number of nitrogens with two attached hydrogens (primary N) is 3. The summed E-state index contributed by atoms with van der Waals surface area (Å²) in [4.78, 5) is 31.4. The predicted molar refractivity (Wildman–Crippen MR) is 264 cm³/mol. The number of unbranched alkanes of at least 4 members (excludes halogenated alkanes) is 1. The highest BCUT2D eigenvalue weighted by molar-refractivity contribution is 6.09. The van der Waals surface area contributed by atoms with Crippen molar-refractivity contribution in [2.45, 2.75) is 84.0 Å². The summed E-state index contributed by atoms with van der Waals surface area (Å²) in [5, 5.41) is 19.3. The van der Waals surface area contributed by atoms with Crippen LogP contribution in [0.1, 0.15) is 63.6 Å². The van der Waals surface area contributed by atoms with Gasteiger partial charge in [-0.15, -0.1) is 29.9 Å². The normalized spacial score (nSPS) is 12.5. The molecule has 15 nitrogen and oxygen atoms in total. The second kappa shape index (κ2) is 24.8. The molecule has 0 radical (unpaired) electrons. The fourth-order valence-electron chi connectivity index (χ4n) is 7.84. The number of carbonyl (C=O) groups is 2. The van der Waals surface area contributed by atoms with Crippen LogP contribution in [0.2, 0.25) is 0 Å². The molecule has 5 aromatic carbocycles. The first-order valence-corrected chi connectivity index (χ1v) is 22.1. The molecule has 1 aliphatic rings. The van der Waals surface area contributed by atoms with Gasteiger partial charge >= 0.3 is 0 Å². The van der Waals surface area contributed by atoms with E-state index in [2.05, 4.69) is 82.3 Å². The Morgan fingerprint density at radius 3 is 2.17 bits per heavy atom. The average molecular weight is 943 g/mol. The number of carbonyl (C=O) groups excluding carboxylic acids is 2. The van der Waals surface area contributed by atoms with Gasteiger partial charge in [0.05, 0.1) is 25.8 Å². The first-order chi connectivity index (χ1) is 31.1. The number of aromatic nitrogens is 3. The third kappa shape index (κ3) is 13.6. The SMILES string of the molecule is CC(C)CCOc1ccc2ccccc2c1-c1c(OCc2cn(C[C@@H](CCCCN)NC(=O)[C@@H](CCCN=C(N)N)NC(=O)Cc3ccc4c(c3)OCO4)nn2)ccc2ccccc12.Cl.Cl. The first-order valence-electron chi connectivity index (χ1n) is 22.1. The van der Waals surface area contributed by atoms with Crippen LogP contribution in [-0.2, 0) is 29.2 Å². The number of guanidine groups is 1. The number of rotatable bonds is 23. The second-order valence-electron chi connectivity index (χ2n) is 16.5.